The Bertz CT molecular complexity index is 70.9. The number of hydrogen-bond acceptors (Lipinski definition) is 1. The zero-order valence-electron chi connectivity index (χ0n) is 8.14. The Morgan fingerprint density at radius 3 is 1.91 bits per heavy atom. The Kier molecular flexibility index (Phi) is 6.63. The van der Waals surface area contributed by atoms with Gasteiger partial charge in [-0.05, 0) is 18.8 Å². The van der Waals surface area contributed by atoms with Gasteiger partial charge in [0.25, 0.3) is 0 Å². The van der Waals surface area contributed by atoms with Gasteiger partial charge in [-0.2, -0.15) is 0 Å². The molecule has 1 aliphatic rings. The zero-order valence-corrected chi connectivity index (χ0v) is 8.14. The molecule has 1 fully saturated rings. The second-order valence-electron chi connectivity index (χ2n) is 3.54. The van der Waals surface area contributed by atoms with Crippen molar-refractivity contribution in [2.45, 2.75) is 59.0 Å². The quantitative estimate of drug-likeness (QED) is 0.574. The molecule has 0 bridgehead atoms. The van der Waals surface area contributed by atoms with Crippen LogP contribution in [0.15, 0.2) is 0 Å². The summed E-state index contributed by atoms with van der Waals surface area (Å²) in [5.74, 6) is 0.559. The zero-order chi connectivity index (χ0) is 8.69. The largest absolute Gasteiger partial charge is 0.393 e. The van der Waals surface area contributed by atoms with Gasteiger partial charge in [-0.3, -0.25) is 0 Å². The van der Waals surface area contributed by atoms with E-state index in [1.165, 1.54) is 25.7 Å². The van der Waals surface area contributed by atoms with Gasteiger partial charge in [-0.15, -0.1) is 0 Å². The molecule has 1 saturated carbocycles. The summed E-state index contributed by atoms with van der Waals surface area (Å²) in [6, 6.07) is 0. The van der Waals surface area contributed by atoms with Gasteiger partial charge in [0, 0.05) is 0 Å². The molecular weight excluding hydrogens is 136 g/mol. The van der Waals surface area contributed by atoms with Gasteiger partial charge in [0.15, 0.2) is 0 Å². The molecule has 68 valence electrons. The molecule has 1 N–H and O–H groups in total. The second-order valence-corrected chi connectivity index (χ2v) is 3.54. The monoisotopic (exact) mass is 158 g/mol. The molecule has 1 rings (SSSR count). The lowest BCUT2D eigenvalue weighted by Crippen LogP contribution is -2.21. The topological polar surface area (TPSA) is 20.2 Å². The minimum absolute atomic E-state index is 0.00347. The lowest BCUT2D eigenvalue weighted by Gasteiger charge is -2.23. The molecule has 0 aromatic carbocycles. The maximum absolute atomic E-state index is 9.18. The highest BCUT2D eigenvalue weighted by Gasteiger charge is 2.17. The fourth-order valence-electron chi connectivity index (χ4n) is 1.30. The van der Waals surface area contributed by atoms with Gasteiger partial charge < -0.3 is 5.11 Å². The Morgan fingerprint density at radius 2 is 1.64 bits per heavy atom. The van der Waals surface area contributed by atoms with Crippen LogP contribution in [-0.4, -0.2) is 11.2 Å². The number of hydrogen-bond donors (Lipinski definition) is 1. The van der Waals surface area contributed by atoms with Crippen LogP contribution < -0.4 is 0 Å². The maximum atomic E-state index is 9.18. The predicted octanol–water partition coefficient (Wildman–Crippen LogP) is 2.97. The molecule has 0 aromatic rings. The van der Waals surface area contributed by atoms with Crippen LogP contribution in [0.25, 0.3) is 0 Å². The van der Waals surface area contributed by atoms with Crippen LogP contribution in [0.1, 0.15) is 52.9 Å². The van der Waals surface area contributed by atoms with Crippen LogP contribution in [0.4, 0.5) is 0 Å². The van der Waals surface area contributed by atoms with E-state index in [0.29, 0.717) is 5.92 Å². The molecule has 1 aliphatic carbocycles. The van der Waals surface area contributed by atoms with E-state index < -0.39 is 0 Å². The smallest absolute Gasteiger partial charge is 0.0565 e. The van der Waals surface area contributed by atoms with E-state index in [1.807, 2.05) is 0 Å². The van der Waals surface area contributed by atoms with Crippen molar-refractivity contribution in [1.29, 1.82) is 0 Å². The maximum Gasteiger partial charge on any atom is 0.0565 e. The number of aliphatic hydroxyl groups is 1. The molecule has 1 nitrogen and oxygen atoms in total. The van der Waals surface area contributed by atoms with Gasteiger partial charge in [0.1, 0.15) is 0 Å². The molecule has 11 heavy (non-hydrogen) atoms. The van der Waals surface area contributed by atoms with Crippen molar-refractivity contribution in [2.24, 2.45) is 5.92 Å². The summed E-state index contributed by atoms with van der Waals surface area (Å²) in [7, 11) is 0. The number of rotatable bonds is 0. The predicted molar refractivity (Wildman–Crippen MR) is 49.6 cm³/mol. The molecule has 1 heteroatoms. The standard InChI is InChI=1S/C7H14O.C3H8/c1-6-4-2-3-5-7(6)8;1-3-2/h6-8H,2-5H2,1H3;3H2,1-2H3/t6-,7-;/m0./s1. The first-order valence-corrected chi connectivity index (χ1v) is 4.90. The van der Waals surface area contributed by atoms with Gasteiger partial charge in [0.05, 0.1) is 6.10 Å². The van der Waals surface area contributed by atoms with Crippen molar-refractivity contribution in [3.8, 4) is 0 Å². The van der Waals surface area contributed by atoms with Crippen LogP contribution in [0.5, 0.6) is 0 Å². The molecule has 2 atom stereocenters. The van der Waals surface area contributed by atoms with E-state index in [1.54, 1.807) is 0 Å². The summed E-state index contributed by atoms with van der Waals surface area (Å²) >= 11 is 0. The summed E-state index contributed by atoms with van der Waals surface area (Å²) in [6.07, 6.45) is 6.05. The minimum Gasteiger partial charge on any atom is -0.393 e. The van der Waals surface area contributed by atoms with Gasteiger partial charge in [-0.25, -0.2) is 0 Å². The summed E-state index contributed by atoms with van der Waals surface area (Å²) in [5.41, 5.74) is 0. The average molecular weight is 158 g/mol. The first kappa shape index (κ1) is 11.0. The van der Waals surface area contributed by atoms with Crippen molar-refractivity contribution < 1.29 is 5.11 Å². The molecule has 0 aromatic heterocycles. The highest BCUT2D eigenvalue weighted by Crippen LogP contribution is 2.22. The molecule has 0 radical (unpaired) electrons. The highest BCUT2D eigenvalue weighted by molar-refractivity contribution is 4.69. The number of aliphatic hydroxyl groups excluding tert-OH is 1. The third-order valence-corrected chi connectivity index (χ3v) is 2.07. The van der Waals surface area contributed by atoms with Crippen LogP contribution in [0.3, 0.4) is 0 Å². The fraction of sp³-hybridized carbons (Fsp3) is 1.00. The Hall–Kier alpha value is -0.0400. The summed E-state index contributed by atoms with van der Waals surface area (Å²) in [5, 5.41) is 9.18. The molecule has 0 unspecified atom stereocenters. The SMILES string of the molecule is CCC.C[C@H]1CCCC[C@@H]1O. The first-order chi connectivity index (χ1) is 5.22. The van der Waals surface area contributed by atoms with Crippen LogP contribution in [0.2, 0.25) is 0 Å². The summed E-state index contributed by atoms with van der Waals surface area (Å²) in [4.78, 5) is 0. The Morgan fingerprint density at radius 1 is 1.18 bits per heavy atom. The van der Waals surface area contributed by atoms with Crippen LogP contribution in [-0.2, 0) is 0 Å². The average Bonchev–Trinajstić information content (AvgIpc) is 1.97. The molecule has 0 aliphatic heterocycles. The summed E-state index contributed by atoms with van der Waals surface area (Å²) in [6.45, 7) is 6.38. The third-order valence-electron chi connectivity index (χ3n) is 2.07. The fourth-order valence-corrected chi connectivity index (χ4v) is 1.30. The van der Waals surface area contributed by atoms with E-state index >= 15 is 0 Å². The van der Waals surface area contributed by atoms with Crippen molar-refractivity contribution in [3.63, 3.8) is 0 Å². The molecule has 0 amide bonds. The van der Waals surface area contributed by atoms with Gasteiger partial charge in [-0.1, -0.05) is 40.0 Å². The van der Waals surface area contributed by atoms with E-state index in [-0.39, 0.29) is 6.10 Å². The Labute approximate surface area is 70.8 Å². The lowest BCUT2D eigenvalue weighted by atomic mass is 9.88. The normalized spacial score (nSPS) is 30.5. The van der Waals surface area contributed by atoms with Crippen molar-refractivity contribution >= 4 is 0 Å². The van der Waals surface area contributed by atoms with Crippen molar-refractivity contribution in [3.05, 3.63) is 0 Å². The first-order valence-electron chi connectivity index (χ1n) is 4.90. The minimum atomic E-state index is 0.00347. The van der Waals surface area contributed by atoms with Crippen LogP contribution >= 0.6 is 0 Å². The molecular formula is C10H22O. The molecule has 0 heterocycles. The van der Waals surface area contributed by atoms with Gasteiger partial charge >= 0.3 is 0 Å². The van der Waals surface area contributed by atoms with Crippen LogP contribution in [0, 0.1) is 5.92 Å². The summed E-state index contributed by atoms with van der Waals surface area (Å²) < 4.78 is 0. The molecule has 0 spiro atoms. The van der Waals surface area contributed by atoms with E-state index in [4.69, 9.17) is 0 Å². The van der Waals surface area contributed by atoms with E-state index in [9.17, 15) is 5.11 Å². The lowest BCUT2D eigenvalue weighted by molar-refractivity contribution is 0.0793. The third kappa shape index (κ3) is 5.25. The van der Waals surface area contributed by atoms with Crippen molar-refractivity contribution in [1.82, 2.24) is 0 Å². The van der Waals surface area contributed by atoms with E-state index in [0.717, 1.165) is 6.42 Å². The van der Waals surface area contributed by atoms with Crippen molar-refractivity contribution in [2.75, 3.05) is 0 Å². The highest BCUT2D eigenvalue weighted by atomic mass is 16.3. The van der Waals surface area contributed by atoms with Gasteiger partial charge in [0.2, 0.25) is 0 Å². The Balaban J connectivity index is 0.000000292. The second kappa shape index (κ2) is 6.66. The van der Waals surface area contributed by atoms with E-state index in [2.05, 4.69) is 20.8 Å². The molecule has 0 saturated heterocycles.